The highest BCUT2D eigenvalue weighted by Crippen LogP contribution is 2.41. The zero-order chi connectivity index (χ0) is 34.3. The molecule has 0 aliphatic rings. The Hall–Kier alpha value is -4.42. The molecule has 6 aromatic rings. The van der Waals surface area contributed by atoms with Gasteiger partial charge in [0.2, 0.25) is 0 Å². The molecule has 0 aliphatic heterocycles. The first-order valence-electron chi connectivity index (χ1n) is 16.3. The number of methoxy groups -OCH3 is 1. The van der Waals surface area contributed by atoms with Gasteiger partial charge in [-0.05, 0) is 67.5 Å². The largest absolute Gasteiger partial charge is 0.456 e. The van der Waals surface area contributed by atoms with Gasteiger partial charge in [-0.25, -0.2) is 0 Å². The van der Waals surface area contributed by atoms with Crippen LogP contribution in [0.2, 0.25) is 0 Å². The lowest BCUT2D eigenvalue weighted by Crippen LogP contribution is -2.21. The fourth-order valence-electron chi connectivity index (χ4n) is 5.51. The Bertz CT molecular complexity index is 2070. The van der Waals surface area contributed by atoms with Crippen molar-refractivity contribution in [1.29, 1.82) is 0 Å². The van der Waals surface area contributed by atoms with Crippen LogP contribution in [0, 0.1) is 13.8 Å². The minimum Gasteiger partial charge on any atom is -0.456 e. The zero-order valence-electron chi connectivity index (χ0n) is 28.4. The van der Waals surface area contributed by atoms with Crippen LogP contribution in [0.25, 0.3) is 22.0 Å². The topological polar surface area (TPSA) is 91.9 Å². The maximum absolute atomic E-state index is 13.7. The quantitative estimate of drug-likeness (QED) is 0.0593. The summed E-state index contributed by atoms with van der Waals surface area (Å²) >= 11 is 3.24. The number of ether oxygens (including phenoxy) is 3. The van der Waals surface area contributed by atoms with Gasteiger partial charge in [0.05, 0.1) is 40.6 Å². The van der Waals surface area contributed by atoms with Crippen molar-refractivity contribution in [1.82, 2.24) is 14.7 Å². The number of aryl methyl sites for hydroxylation is 3. The Kier molecular flexibility index (Phi) is 11.1. The molecule has 0 unspecified atom stereocenters. The predicted molar refractivity (Wildman–Crippen MR) is 197 cm³/mol. The van der Waals surface area contributed by atoms with E-state index in [1.807, 2.05) is 59.1 Å². The summed E-state index contributed by atoms with van der Waals surface area (Å²) in [7, 11) is 1.66. The van der Waals surface area contributed by atoms with E-state index in [-0.39, 0.29) is 5.56 Å². The highest BCUT2D eigenvalue weighted by atomic mass is 32.2. The smallest absolute Gasteiger partial charge is 0.255 e. The monoisotopic (exact) mass is 696 g/mol. The summed E-state index contributed by atoms with van der Waals surface area (Å²) in [5, 5.41) is 7.27. The van der Waals surface area contributed by atoms with Gasteiger partial charge in [-0.15, -0.1) is 11.3 Å². The number of hydrogen-bond acceptors (Lipinski definition) is 10. The molecule has 4 heterocycles. The first kappa shape index (κ1) is 34.4. The van der Waals surface area contributed by atoms with Crippen LogP contribution < -0.4 is 14.6 Å². The molecule has 0 N–H and O–H groups in total. The minimum absolute atomic E-state index is 0.125. The molecule has 9 nitrogen and oxygen atoms in total. The first-order chi connectivity index (χ1) is 23.9. The minimum atomic E-state index is -0.125. The maximum atomic E-state index is 13.7. The normalized spacial score (nSPS) is 11.4. The third kappa shape index (κ3) is 7.75. The van der Waals surface area contributed by atoms with Gasteiger partial charge in [-0.3, -0.25) is 14.1 Å². The summed E-state index contributed by atoms with van der Waals surface area (Å²) in [6, 6.07) is 23.7. The second kappa shape index (κ2) is 15.9. The molecule has 0 amide bonds. The Morgan fingerprint density at radius 2 is 1.78 bits per heavy atom. The van der Waals surface area contributed by atoms with Crippen LogP contribution in [0.4, 0.5) is 5.82 Å². The summed E-state index contributed by atoms with van der Waals surface area (Å²) in [4.78, 5) is 18.6. The van der Waals surface area contributed by atoms with E-state index in [1.54, 1.807) is 36.5 Å². The number of nitrogens with zero attached hydrogens (tertiary/aromatic N) is 4. The van der Waals surface area contributed by atoms with Crippen molar-refractivity contribution in [3.8, 4) is 22.6 Å². The number of fused-ring (bicyclic) bond motifs is 1. The Labute approximate surface area is 294 Å². The highest BCUT2D eigenvalue weighted by Gasteiger charge is 2.21. The SMILES string of the molecule is CCc1cc2c(c(Oc3ccccc3)cc(=O)n2Cc2ccc(-c3ccsc3SN(COCCOC)c3noc(C)c3C)cc2)c(CC)n1. The number of thiophene rings is 1. The molecular weight excluding hydrogens is 657 g/mol. The fraction of sp³-hybridized carbons (Fsp3) is 0.289. The van der Waals surface area contributed by atoms with Crippen molar-refractivity contribution in [3.63, 3.8) is 0 Å². The van der Waals surface area contributed by atoms with Crippen molar-refractivity contribution in [2.75, 3.05) is 31.4 Å². The van der Waals surface area contributed by atoms with Gasteiger partial charge in [-0.2, -0.15) is 0 Å². The molecule has 0 spiro atoms. The van der Waals surface area contributed by atoms with Gasteiger partial charge in [0.15, 0.2) is 5.82 Å². The molecule has 0 aliphatic carbocycles. The summed E-state index contributed by atoms with van der Waals surface area (Å²) in [5.74, 6) is 2.72. The molecule has 0 saturated heterocycles. The average Bonchev–Trinajstić information content (AvgIpc) is 3.73. The lowest BCUT2D eigenvalue weighted by molar-refractivity contribution is 0.0759. The van der Waals surface area contributed by atoms with E-state index >= 15 is 0 Å². The maximum Gasteiger partial charge on any atom is 0.255 e. The van der Waals surface area contributed by atoms with Crippen LogP contribution in [0.15, 0.2) is 91.7 Å². The van der Waals surface area contributed by atoms with E-state index in [9.17, 15) is 4.79 Å². The standard InChI is InChI=1S/C38H40N4O5S2/c1-6-29-21-33-36(32(7-2)39-29)34(46-30-11-9-8-10-12-30)22-35(43)41(33)23-27-13-15-28(16-14-27)31-17-20-48-38(31)49-42(24-45-19-18-44-5)37-25(3)26(4)47-40-37/h8-17,20-22H,6-7,18-19,23-24H2,1-5H3. The summed E-state index contributed by atoms with van der Waals surface area (Å²) in [6.45, 7) is 9.79. The molecule has 0 fully saturated rings. The molecule has 0 saturated carbocycles. The molecule has 0 radical (unpaired) electrons. The van der Waals surface area contributed by atoms with E-state index < -0.39 is 0 Å². The zero-order valence-corrected chi connectivity index (χ0v) is 30.0. The van der Waals surface area contributed by atoms with E-state index in [0.717, 1.165) is 73.2 Å². The molecular formula is C38H40N4O5S2. The van der Waals surface area contributed by atoms with Crippen LogP contribution in [0.5, 0.6) is 11.5 Å². The van der Waals surface area contributed by atoms with Gasteiger partial charge >= 0.3 is 0 Å². The molecule has 0 atom stereocenters. The summed E-state index contributed by atoms with van der Waals surface area (Å²) < 4.78 is 27.7. The molecule has 0 bridgehead atoms. The van der Waals surface area contributed by atoms with E-state index in [4.69, 9.17) is 23.7 Å². The first-order valence-corrected chi connectivity index (χ1v) is 18.0. The van der Waals surface area contributed by atoms with Crippen LogP contribution in [-0.2, 0) is 28.9 Å². The second-order valence-electron chi connectivity index (χ2n) is 11.5. The lowest BCUT2D eigenvalue weighted by Gasteiger charge is -2.21. The van der Waals surface area contributed by atoms with Crippen LogP contribution >= 0.6 is 23.3 Å². The molecule has 11 heteroatoms. The third-order valence-electron chi connectivity index (χ3n) is 8.29. The number of aromatic nitrogens is 3. The van der Waals surface area contributed by atoms with E-state index in [1.165, 1.54) is 0 Å². The molecule has 4 aromatic heterocycles. The van der Waals surface area contributed by atoms with Crippen molar-refractivity contribution in [2.24, 2.45) is 0 Å². The number of anilines is 1. The number of benzene rings is 2. The van der Waals surface area contributed by atoms with Gasteiger partial charge < -0.3 is 23.3 Å². The number of pyridine rings is 2. The number of para-hydroxylation sites is 1. The highest BCUT2D eigenvalue weighted by molar-refractivity contribution is 8.02. The third-order valence-corrected chi connectivity index (χ3v) is 10.4. The molecule has 6 rings (SSSR count). The molecule has 49 heavy (non-hydrogen) atoms. The van der Waals surface area contributed by atoms with Crippen molar-refractivity contribution >= 4 is 40.0 Å². The van der Waals surface area contributed by atoms with E-state index in [2.05, 4.69) is 54.7 Å². The summed E-state index contributed by atoms with van der Waals surface area (Å²) in [5.41, 5.74) is 6.74. The van der Waals surface area contributed by atoms with Crippen LogP contribution in [0.3, 0.4) is 0 Å². The second-order valence-corrected chi connectivity index (χ2v) is 13.7. The molecule has 254 valence electrons. The fourth-order valence-corrected chi connectivity index (χ4v) is 7.63. The lowest BCUT2D eigenvalue weighted by atomic mass is 10.1. The molecule has 2 aromatic carbocycles. The van der Waals surface area contributed by atoms with Crippen molar-refractivity contribution < 1.29 is 18.7 Å². The average molecular weight is 697 g/mol. The number of hydrogen-bond donors (Lipinski definition) is 0. The van der Waals surface area contributed by atoms with Gasteiger partial charge in [-0.1, -0.05) is 61.5 Å². The Morgan fingerprint density at radius 1 is 0.980 bits per heavy atom. The summed E-state index contributed by atoms with van der Waals surface area (Å²) in [6.07, 6.45) is 1.49. The Balaban J connectivity index is 1.29. The van der Waals surface area contributed by atoms with Crippen molar-refractivity contribution in [3.05, 3.63) is 117 Å². The van der Waals surface area contributed by atoms with Gasteiger partial charge in [0.25, 0.3) is 5.56 Å². The van der Waals surface area contributed by atoms with Crippen LogP contribution in [0.1, 0.15) is 42.1 Å². The van der Waals surface area contributed by atoms with Crippen molar-refractivity contribution in [2.45, 2.75) is 51.3 Å². The van der Waals surface area contributed by atoms with Gasteiger partial charge in [0.1, 0.15) is 24.0 Å². The number of rotatable bonds is 15. The van der Waals surface area contributed by atoms with Crippen LogP contribution in [-0.4, -0.2) is 41.8 Å². The van der Waals surface area contributed by atoms with E-state index in [0.29, 0.717) is 38.0 Å². The Morgan fingerprint density at radius 3 is 2.47 bits per heavy atom. The predicted octanol–water partition coefficient (Wildman–Crippen LogP) is 8.83. The van der Waals surface area contributed by atoms with Gasteiger partial charge in [0, 0.05) is 41.9 Å².